The van der Waals surface area contributed by atoms with Gasteiger partial charge in [0.25, 0.3) is 0 Å². The second-order valence-electron chi connectivity index (χ2n) is 9.64. The molecule has 0 heterocycles. The second kappa shape index (κ2) is 7.31. The Bertz CT molecular complexity index is 787. The van der Waals surface area contributed by atoms with E-state index in [2.05, 4.69) is 93.7 Å². The molecule has 4 atom stereocenters. The third kappa shape index (κ3) is 3.02. The Balaban J connectivity index is 1.53. The molecule has 1 N–H and O–H groups in total. The highest BCUT2D eigenvalue weighted by atomic mass is 16.5. The Morgan fingerprint density at radius 3 is 2.21 bits per heavy atom. The maximum atomic E-state index is 6.98. The van der Waals surface area contributed by atoms with Crippen LogP contribution in [-0.2, 0) is 16.8 Å². The first-order chi connectivity index (χ1) is 13.4. The fourth-order valence-electron chi connectivity index (χ4n) is 6.05. The zero-order chi connectivity index (χ0) is 19.8. The van der Waals surface area contributed by atoms with E-state index in [-0.39, 0.29) is 17.2 Å². The largest absolute Gasteiger partial charge is 0.352 e. The third-order valence-corrected chi connectivity index (χ3v) is 8.17. The Kier molecular flexibility index (Phi) is 5.14. The fourth-order valence-corrected chi connectivity index (χ4v) is 6.05. The molecule has 2 aromatic carbocycles. The molecule has 2 aromatic rings. The maximum absolute atomic E-state index is 6.98. The van der Waals surface area contributed by atoms with Crippen LogP contribution in [0.15, 0.2) is 60.7 Å². The number of fused-ring (bicyclic) bond motifs is 2. The van der Waals surface area contributed by atoms with E-state index in [0.29, 0.717) is 5.41 Å². The van der Waals surface area contributed by atoms with Crippen LogP contribution in [0.2, 0.25) is 0 Å². The van der Waals surface area contributed by atoms with Gasteiger partial charge >= 0.3 is 0 Å². The normalized spacial score (nSPS) is 31.8. The molecule has 1 unspecified atom stereocenters. The molecule has 0 aliphatic heterocycles. The number of hydrogen-bond donors (Lipinski definition) is 1. The Morgan fingerprint density at radius 1 is 1.00 bits per heavy atom. The lowest BCUT2D eigenvalue weighted by Crippen LogP contribution is -2.50. The van der Waals surface area contributed by atoms with E-state index in [1.54, 1.807) is 0 Å². The van der Waals surface area contributed by atoms with Crippen molar-refractivity contribution in [2.24, 2.45) is 16.7 Å². The summed E-state index contributed by atoms with van der Waals surface area (Å²) in [6, 6.07) is 21.7. The van der Waals surface area contributed by atoms with Crippen LogP contribution in [0.3, 0.4) is 0 Å². The summed E-state index contributed by atoms with van der Waals surface area (Å²) in [4.78, 5) is 0. The van der Waals surface area contributed by atoms with Crippen molar-refractivity contribution in [2.75, 3.05) is 6.54 Å². The van der Waals surface area contributed by atoms with E-state index in [9.17, 15) is 0 Å². The van der Waals surface area contributed by atoms with Gasteiger partial charge in [-0.2, -0.15) is 0 Å². The quantitative estimate of drug-likeness (QED) is 0.604. The van der Waals surface area contributed by atoms with Crippen LogP contribution >= 0.6 is 0 Å². The van der Waals surface area contributed by atoms with Gasteiger partial charge in [0.05, 0.1) is 0 Å². The van der Waals surface area contributed by atoms with Crippen LogP contribution in [0.25, 0.3) is 0 Å². The highest BCUT2D eigenvalue weighted by molar-refractivity contribution is 5.32. The molecule has 2 fully saturated rings. The highest BCUT2D eigenvalue weighted by Gasteiger charge is 2.70. The van der Waals surface area contributed by atoms with Gasteiger partial charge in [-0.25, -0.2) is 0 Å². The molecule has 0 spiro atoms. The van der Waals surface area contributed by atoms with Gasteiger partial charge in [-0.3, -0.25) is 5.32 Å². The standard InChI is InChI=1S/C26H35NO/c1-20(27-18-16-21-11-7-5-8-12-21)28-26(22-13-9-6-10-14-22)19-23-15-17-25(26,4)24(23,2)3/h5-14,20,23,27H,15-19H2,1-4H3/t20?,23-,25-,26+/m1/s1. The van der Waals surface area contributed by atoms with Crippen LogP contribution in [0.5, 0.6) is 0 Å². The number of rotatable bonds is 7. The van der Waals surface area contributed by atoms with Crippen LogP contribution in [0.1, 0.15) is 58.1 Å². The minimum atomic E-state index is -0.208. The van der Waals surface area contributed by atoms with Crippen molar-refractivity contribution in [3.8, 4) is 0 Å². The van der Waals surface area contributed by atoms with Gasteiger partial charge in [-0.05, 0) is 55.1 Å². The topological polar surface area (TPSA) is 21.3 Å². The SMILES string of the molecule is CC(NCCc1ccccc1)O[C@]1(c2ccccc2)C[C@H]2CC[C@]1(C)C2(C)C. The van der Waals surface area contributed by atoms with E-state index >= 15 is 0 Å². The summed E-state index contributed by atoms with van der Waals surface area (Å²) in [7, 11) is 0. The van der Waals surface area contributed by atoms with Gasteiger partial charge in [0, 0.05) is 12.0 Å². The minimum absolute atomic E-state index is 0.0240. The smallest absolute Gasteiger partial charge is 0.106 e. The monoisotopic (exact) mass is 377 g/mol. The molecule has 4 rings (SSSR count). The number of benzene rings is 2. The highest BCUT2D eigenvalue weighted by Crippen LogP contribution is 2.73. The summed E-state index contributed by atoms with van der Waals surface area (Å²) in [5, 5.41) is 3.63. The first-order valence-corrected chi connectivity index (χ1v) is 10.9. The van der Waals surface area contributed by atoms with Gasteiger partial charge < -0.3 is 4.74 Å². The predicted octanol–water partition coefficient (Wildman–Crippen LogP) is 5.92. The average Bonchev–Trinajstić information content (AvgIpc) is 3.02. The lowest BCUT2D eigenvalue weighted by molar-refractivity contribution is -0.181. The Morgan fingerprint density at radius 2 is 1.64 bits per heavy atom. The first kappa shape index (κ1) is 19.7. The van der Waals surface area contributed by atoms with Crippen LogP contribution in [0, 0.1) is 16.7 Å². The first-order valence-electron chi connectivity index (χ1n) is 10.9. The van der Waals surface area contributed by atoms with E-state index in [1.807, 2.05) is 0 Å². The summed E-state index contributed by atoms with van der Waals surface area (Å²) in [5.41, 5.74) is 2.96. The lowest BCUT2D eigenvalue weighted by atomic mass is 9.62. The van der Waals surface area contributed by atoms with Crippen molar-refractivity contribution < 1.29 is 4.74 Å². The molecule has 2 aliphatic carbocycles. The van der Waals surface area contributed by atoms with E-state index < -0.39 is 0 Å². The zero-order valence-corrected chi connectivity index (χ0v) is 17.9. The van der Waals surface area contributed by atoms with Crippen molar-refractivity contribution in [3.05, 3.63) is 71.8 Å². The molecular weight excluding hydrogens is 342 g/mol. The average molecular weight is 378 g/mol. The molecule has 2 nitrogen and oxygen atoms in total. The molecule has 2 bridgehead atoms. The molecule has 0 amide bonds. The predicted molar refractivity (Wildman–Crippen MR) is 116 cm³/mol. The fraction of sp³-hybridized carbons (Fsp3) is 0.538. The summed E-state index contributed by atoms with van der Waals surface area (Å²) in [6.45, 7) is 10.5. The maximum Gasteiger partial charge on any atom is 0.106 e. The van der Waals surface area contributed by atoms with Crippen molar-refractivity contribution in [3.63, 3.8) is 0 Å². The van der Waals surface area contributed by atoms with E-state index in [4.69, 9.17) is 4.74 Å². The van der Waals surface area contributed by atoms with Crippen molar-refractivity contribution in [1.82, 2.24) is 5.32 Å². The van der Waals surface area contributed by atoms with Crippen molar-refractivity contribution in [1.29, 1.82) is 0 Å². The van der Waals surface area contributed by atoms with Gasteiger partial charge in [0.2, 0.25) is 0 Å². The van der Waals surface area contributed by atoms with Gasteiger partial charge in [-0.1, -0.05) is 81.4 Å². The van der Waals surface area contributed by atoms with Crippen molar-refractivity contribution in [2.45, 2.75) is 65.2 Å². The molecule has 2 aliphatic rings. The molecule has 0 aromatic heterocycles. The molecule has 150 valence electrons. The number of ether oxygens (including phenoxy) is 1. The van der Waals surface area contributed by atoms with Crippen LogP contribution in [-0.4, -0.2) is 12.8 Å². The van der Waals surface area contributed by atoms with E-state index in [0.717, 1.165) is 25.3 Å². The van der Waals surface area contributed by atoms with E-state index in [1.165, 1.54) is 24.0 Å². The molecule has 2 saturated carbocycles. The second-order valence-corrected chi connectivity index (χ2v) is 9.64. The Labute approximate surface area is 170 Å². The minimum Gasteiger partial charge on any atom is -0.352 e. The summed E-state index contributed by atoms with van der Waals surface area (Å²) >= 11 is 0. The molecule has 0 radical (unpaired) electrons. The lowest BCUT2D eigenvalue weighted by Gasteiger charge is -2.50. The third-order valence-electron chi connectivity index (χ3n) is 8.17. The molecular formula is C26H35NO. The van der Waals surface area contributed by atoms with Gasteiger partial charge in [-0.15, -0.1) is 0 Å². The number of hydrogen-bond acceptors (Lipinski definition) is 2. The summed E-state index contributed by atoms with van der Waals surface area (Å²) < 4.78 is 6.98. The summed E-state index contributed by atoms with van der Waals surface area (Å²) in [6.07, 6.45) is 4.76. The van der Waals surface area contributed by atoms with Gasteiger partial charge in [0.15, 0.2) is 0 Å². The van der Waals surface area contributed by atoms with Crippen LogP contribution in [0.4, 0.5) is 0 Å². The summed E-state index contributed by atoms with van der Waals surface area (Å²) in [5.74, 6) is 0.731. The van der Waals surface area contributed by atoms with Crippen molar-refractivity contribution >= 4 is 0 Å². The molecule has 2 heteroatoms. The Hall–Kier alpha value is -1.64. The zero-order valence-electron chi connectivity index (χ0n) is 17.9. The van der Waals surface area contributed by atoms with Gasteiger partial charge in [0.1, 0.15) is 11.8 Å². The molecule has 28 heavy (non-hydrogen) atoms. The van der Waals surface area contributed by atoms with Crippen LogP contribution < -0.4 is 5.32 Å². The molecule has 0 saturated heterocycles. The number of nitrogens with one attached hydrogen (secondary N) is 1.